The van der Waals surface area contributed by atoms with Gasteiger partial charge >= 0.3 is 0 Å². The van der Waals surface area contributed by atoms with Crippen LogP contribution in [0.3, 0.4) is 0 Å². The number of nitrogens with two attached hydrogens (primary N) is 1. The molecular formula is C10H22N2O. The van der Waals surface area contributed by atoms with E-state index in [1.165, 1.54) is 32.4 Å². The minimum atomic E-state index is 0.295. The summed E-state index contributed by atoms with van der Waals surface area (Å²) in [4.78, 5) is 2.37. The number of piperidine rings is 1. The van der Waals surface area contributed by atoms with Gasteiger partial charge in [0, 0.05) is 13.1 Å². The van der Waals surface area contributed by atoms with Gasteiger partial charge in [0.1, 0.15) is 0 Å². The average molecular weight is 186 g/mol. The predicted octanol–water partition coefficient (Wildman–Crippen LogP) is 0.430. The van der Waals surface area contributed by atoms with Crippen LogP contribution in [0.25, 0.3) is 0 Å². The van der Waals surface area contributed by atoms with Gasteiger partial charge in [-0.3, -0.25) is 0 Å². The van der Waals surface area contributed by atoms with Gasteiger partial charge in [-0.15, -0.1) is 0 Å². The molecule has 0 amide bonds. The molecule has 3 N–H and O–H groups in total. The molecule has 0 saturated carbocycles. The molecule has 1 rings (SSSR count). The predicted molar refractivity (Wildman–Crippen MR) is 54.5 cm³/mol. The first kappa shape index (κ1) is 11.0. The molecule has 0 spiro atoms. The molecule has 3 heteroatoms. The summed E-state index contributed by atoms with van der Waals surface area (Å²) in [7, 11) is 0. The molecule has 78 valence electrons. The molecule has 0 aliphatic carbocycles. The van der Waals surface area contributed by atoms with Crippen molar-refractivity contribution in [2.45, 2.75) is 25.7 Å². The molecule has 3 nitrogen and oxygen atoms in total. The van der Waals surface area contributed by atoms with Gasteiger partial charge in [0.25, 0.3) is 0 Å². The van der Waals surface area contributed by atoms with Crippen molar-refractivity contribution in [2.75, 3.05) is 32.8 Å². The lowest BCUT2D eigenvalue weighted by Crippen LogP contribution is -2.37. The first-order valence-corrected chi connectivity index (χ1v) is 5.40. The van der Waals surface area contributed by atoms with Gasteiger partial charge in [-0.1, -0.05) is 0 Å². The lowest BCUT2D eigenvalue weighted by Gasteiger charge is -2.32. The van der Waals surface area contributed by atoms with Crippen LogP contribution < -0.4 is 5.73 Å². The number of likely N-dealkylation sites (tertiary alicyclic amines) is 1. The molecule has 0 radical (unpaired) electrons. The largest absolute Gasteiger partial charge is 0.395 e. The summed E-state index contributed by atoms with van der Waals surface area (Å²) in [6, 6.07) is 0. The summed E-state index contributed by atoms with van der Waals surface area (Å²) < 4.78 is 0. The zero-order valence-electron chi connectivity index (χ0n) is 8.41. The fourth-order valence-corrected chi connectivity index (χ4v) is 2.14. The number of rotatable bonds is 5. The Balaban J connectivity index is 2.16. The maximum Gasteiger partial charge on any atom is 0.0558 e. The molecule has 1 atom stereocenters. The van der Waals surface area contributed by atoms with Gasteiger partial charge in [-0.2, -0.15) is 0 Å². The van der Waals surface area contributed by atoms with E-state index in [-0.39, 0.29) is 0 Å². The van der Waals surface area contributed by atoms with Crippen molar-refractivity contribution in [1.29, 1.82) is 0 Å². The maximum atomic E-state index is 8.82. The molecule has 13 heavy (non-hydrogen) atoms. The van der Waals surface area contributed by atoms with Gasteiger partial charge in [0.05, 0.1) is 6.61 Å². The van der Waals surface area contributed by atoms with E-state index in [0.717, 1.165) is 25.4 Å². The molecule has 1 heterocycles. The monoisotopic (exact) mass is 186 g/mol. The van der Waals surface area contributed by atoms with E-state index in [1.54, 1.807) is 0 Å². The van der Waals surface area contributed by atoms with E-state index in [1.807, 2.05) is 0 Å². The number of nitrogens with zero attached hydrogens (tertiary/aromatic N) is 1. The van der Waals surface area contributed by atoms with E-state index in [9.17, 15) is 0 Å². The number of hydrogen-bond donors (Lipinski definition) is 2. The van der Waals surface area contributed by atoms with Crippen molar-refractivity contribution < 1.29 is 5.11 Å². The molecule has 0 aromatic rings. The molecule has 1 saturated heterocycles. The molecular weight excluding hydrogens is 164 g/mol. The van der Waals surface area contributed by atoms with Crippen molar-refractivity contribution in [3.8, 4) is 0 Å². The van der Waals surface area contributed by atoms with Crippen LogP contribution >= 0.6 is 0 Å². The molecule has 0 aromatic heterocycles. The van der Waals surface area contributed by atoms with Crippen LogP contribution in [0.5, 0.6) is 0 Å². The summed E-state index contributed by atoms with van der Waals surface area (Å²) in [6.07, 6.45) is 5.05. The van der Waals surface area contributed by atoms with Gasteiger partial charge in [-0.25, -0.2) is 0 Å². The van der Waals surface area contributed by atoms with E-state index in [0.29, 0.717) is 6.61 Å². The SMILES string of the molecule is NCCCC1CCCN(CCO)C1. The van der Waals surface area contributed by atoms with Gasteiger partial charge in [0.15, 0.2) is 0 Å². The summed E-state index contributed by atoms with van der Waals surface area (Å²) in [5.74, 6) is 0.823. The fraction of sp³-hybridized carbons (Fsp3) is 1.00. The zero-order valence-corrected chi connectivity index (χ0v) is 8.41. The van der Waals surface area contributed by atoms with Crippen LogP contribution in [0.4, 0.5) is 0 Å². The number of hydrogen-bond acceptors (Lipinski definition) is 3. The maximum absolute atomic E-state index is 8.82. The molecule has 1 aliphatic heterocycles. The van der Waals surface area contributed by atoms with Gasteiger partial charge in [-0.05, 0) is 44.7 Å². The first-order chi connectivity index (χ1) is 6.36. The Labute approximate surface area is 80.9 Å². The lowest BCUT2D eigenvalue weighted by molar-refractivity contribution is 0.135. The van der Waals surface area contributed by atoms with Crippen molar-refractivity contribution in [2.24, 2.45) is 11.7 Å². The van der Waals surface area contributed by atoms with Crippen LogP contribution in [0, 0.1) is 5.92 Å². The van der Waals surface area contributed by atoms with E-state index >= 15 is 0 Å². The summed E-state index contributed by atoms with van der Waals surface area (Å²) >= 11 is 0. The number of β-amino-alcohol motifs (C(OH)–C–C–N with tert-alkyl or cyclic N) is 1. The highest BCUT2D eigenvalue weighted by Gasteiger charge is 2.18. The Hall–Kier alpha value is -0.120. The molecule has 1 unspecified atom stereocenters. The van der Waals surface area contributed by atoms with E-state index in [4.69, 9.17) is 10.8 Å². The minimum absolute atomic E-state index is 0.295. The highest BCUT2D eigenvalue weighted by molar-refractivity contribution is 4.72. The Bertz CT molecular complexity index is 128. The quantitative estimate of drug-likeness (QED) is 0.654. The van der Waals surface area contributed by atoms with Crippen LogP contribution in [-0.2, 0) is 0 Å². The van der Waals surface area contributed by atoms with E-state index in [2.05, 4.69) is 4.90 Å². The topological polar surface area (TPSA) is 49.5 Å². The second kappa shape index (κ2) is 6.35. The molecule has 1 aliphatic rings. The van der Waals surface area contributed by atoms with Crippen LogP contribution in [0.1, 0.15) is 25.7 Å². The summed E-state index contributed by atoms with van der Waals surface area (Å²) in [6.45, 7) is 4.29. The van der Waals surface area contributed by atoms with Gasteiger partial charge in [0.2, 0.25) is 0 Å². The van der Waals surface area contributed by atoms with Crippen molar-refractivity contribution in [3.05, 3.63) is 0 Å². The Morgan fingerprint density at radius 3 is 3.00 bits per heavy atom. The van der Waals surface area contributed by atoms with Crippen LogP contribution in [0.2, 0.25) is 0 Å². The lowest BCUT2D eigenvalue weighted by atomic mass is 9.93. The van der Waals surface area contributed by atoms with Crippen molar-refractivity contribution >= 4 is 0 Å². The molecule has 0 bridgehead atoms. The van der Waals surface area contributed by atoms with Gasteiger partial charge < -0.3 is 15.7 Å². The van der Waals surface area contributed by atoms with Crippen molar-refractivity contribution in [3.63, 3.8) is 0 Å². The smallest absolute Gasteiger partial charge is 0.0558 e. The molecule has 1 fully saturated rings. The van der Waals surface area contributed by atoms with Crippen LogP contribution in [0.15, 0.2) is 0 Å². The summed E-state index contributed by atoms with van der Waals surface area (Å²) in [5, 5.41) is 8.82. The Morgan fingerprint density at radius 1 is 1.46 bits per heavy atom. The molecule has 0 aromatic carbocycles. The van der Waals surface area contributed by atoms with Crippen molar-refractivity contribution in [1.82, 2.24) is 4.90 Å². The van der Waals surface area contributed by atoms with E-state index < -0.39 is 0 Å². The third kappa shape index (κ3) is 4.07. The Morgan fingerprint density at radius 2 is 2.31 bits per heavy atom. The number of aliphatic hydroxyl groups is 1. The number of aliphatic hydroxyl groups excluding tert-OH is 1. The first-order valence-electron chi connectivity index (χ1n) is 5.40. The third-order valence-corrected chi connectivity index (χ3v) is 2.84. The standard InChI is InChI=1S/C10H22N2O/c11-5-1-3-10-4-2-6-12(9-10)7-8-13/h10,13H,1-9,11H2. The second-order valence-corrected chi connectivity index (χ2v) is 3.96. The second-order valence-electron chi connectivity index (χ2n) is 3.96. The average Bonchev–Trinajstić information content (AvgIpc) is 2.16. The highest BCUT2D eigenvalue weighted by atomic mass is 16.3. The fourth-order valence-electron chi connectivity index (χ4n) is 2.14. The third-order valence-electron chi connectivity index (χ3n) is 2.84. The highest BCUT2D eigenvalue weighted by Crippen LogP contribution is 2.20. The normalized spacial score (nSPS) is 24.9. The summed E-state index contributed by atoms with van der Waals surface area (Å²) in [5.41, 5.74) is 5.49. The minimum Gasteiger partial charge on any atom is -0.395 e. The Kier molecular flexibility index (Phi) is 5.35. The zero-order chi connectivity index (χ0) is 9.52. The van der Waals surface area contributed by atoms with Crippen LogP contribution in [-0.4, -0.2) is 42.8 Å².